The van der Waals surface area contributed by atoms with Gasteiger partial charge in [-0.05, 0) is 24.1 Å². The van der Waals surface area contributed by atoms with Gasteiger partial charge in [0.15, 0.2) is 5.13 Å². The van der Waals surface area contributed by atoms with Gasteiger partial charge >= 0.3 is 0 Å². The van der Waals surface area contributed by atoms with Gasteiger partial charge in [-0.1, -0.05) is 37.3 Å². The molecule has 1 aromatic carbocycles. The predicted octanol–water partition coefficient (Wildman–Crippen LogP) is 4.64. The number of carbonyl (C=O) groups excluding carboxylic acids is 2. The van der Waals surface area contributed by atoms with Gasteiger partial charge in [-0.15, -0.1) is 22.7 Å². The van der Waals surface area contributed by atoms with Crippen molar-refractivity contribution in [3.8, 4) is 10.6 Å². The van der Waals surface area contributed by atoms with Gasteiger partial charge in [0.25, 0.3) is 0 Å². The Kier molecular flexibility index (Phi) is 6.36. The maximum absolute atomic E-state index is 12.7. The topological polar surface area (TPSA) is 71.1 Å². The van der Waals surface area contributed by atoms with E-state index in [1.807, 2.05) is 54.8 Å². The number of benzene rings is 1. The van der Waals surface area contributed by atoms with Gasteiger partial charge in [0.2, 0.25) is 11.8 Å². The number of hydrogen-bond donors (Lipinski definition) is 2. The number of thiazole rings is 1. The number of hydrogen-bond acceptors (Lipinski definition) is 5. The Bertz CT molecular complexity index is 918. The molecule has 0 saturated heterocycles. The van der Waals surface area contributed by atoms with Crippen molar-refractivity contribution in [3.63, 3.8) is 0 Å². The highest BCUT2D eigenvalue weighted by Crippen LogP contribution is 2.31. The van der Waals surface area contributed by atoms with Crippen molar-refractivity contribution < 1.29 is 9.59 Å². The third kappa shape index (κ3) is 5.02. The molecular weight excluding hydrogens is 378 g/mol. The summed E-state index contributed by atoms with van der Waals surface area (Å²) in [6.07, 6.45) is 0.728. The van der Waals surface area contributed by atoms with E-state index in [-0.39, 0.29) is 17.7 Å². The van der Waals surface area contributed by atoms with Crippen molar-refractivity contribution in [2.75, 3.05) is 5.32 Å². The van der Waals surface area contributed by atoms with Gasteiger partial charge in [-0.25, -0.2) is 4.98 Å². The van der Waals surface area contributed by atoms with Crippen LogP contribution in [0.25, 0.3) is 10.6 Å². The second-order valence-electron chi connectivity index (χ2n) is 6.07. The molecule has 0 saturated carbocycles. The molecule has 27 heavy (non-hydrogen) atoms. The first-order valence-corrected chi connectivity index (χ1v) is 10.4. The van der Waals surface area contributed by atoms with Gasteiger partial charge < -0.3 is 10.6 Å². The van der Waals surface area contributed by atoms with Crippen LogP contribution >= 0.6 is 22.7 Å². The minimum absolute atomic E-state index is 0.0397. The van der Waals surface area contributed by atoms with Crippen LogP contribution in [0.5, 0.6) is 0 Å². The fourth-order valence-electron chi connectivity index (χ4n) is 2.72. The molecule has 0 bridgehead atoms. The summed E-state index contributed by atoms with van der Waals surface area (Å²) in [5.41, 5.74) is 1.84. The van der Waals surface area contributed by atoms with Gasteiger partial charge in [0.05, 0.1) is 23.0 Å². The number of nitrogens with one attached hydrogen (secondary N) is 2. The van der Waals surface area contributed by atoms with E-state index in [0.29, 0.717) is 11.7 Å². The van der Waals surface area contributed by atoms with Crippen molar-refractivity contribution in [1.29, 1.82) is 0 Å². The molecule has 5 nitrogen and oxygen atoms in total. The van der Waals surface area contributed by atoms with E-state index >= 15 is 0 Å². The zero-order valence-corrected chi connectivity index (χ0v) is 16.8. The lowest BCUT2D eigenvalue weighted by Crippen LogP contribution is -2.20. The van der Waals surface area contributed by atoms with E-state index in [1.165, 1.54) is 18.3 Å². The average molecular weight is 400 g/mol. The number of amides is 2. The number of carbonyl (C=O) groups is 2. The number of rotatable bonds is 7. The monoisotopic (exact) mass is 399 g/mol. The van der Waals surface area contributed by atoms with Crippen LogP contribution < -0.4 is 10.6 Å². The number of thiophene rings is 1. The van der Waals surface area contributed by atoms with E-state index in [1.54, 1.807) is 11.3 Å². The third-order valence-electron chi connectivity index (χ3n) is 4.09. The molecule has 3 rings (SSSR count). The summed E-state index contributed by atoms with van der Waals surface area (Å²) in [5.74, 6) is -0.279. The molecule has 0 aliphatic rings. The maximum atomic E-state index is 12.7. The summed E-state index contributed by atoms with van der Waals surface area (Å²) in [6, 6.07) is 13.8. The Balaban J connectivity index is 1.67. The van der Waals surface area contributed by atoms with Gasteiger partial charge in [-0.3, -0.25) is 9.59 Å². The summed E-state index contributed by atoms with van der Waals surface area (Å²) in [5, 5.41) is 8.27. The first-order chi connectivity index (χ1) is 13.1. The zero-order valence-electron chi connectivity index (χ0n) is 15.2. The minimum Gasteiger partial charge on any atom is -0.351 e. The molecule has 140 valence electrons. The lowest BCUT2D eigenvalue weighted by molar-refractivity contribution is -0.119. The van der Waals surface area contributed by atoms with E-state index < -0.39 is 0 Å². The van der Waals surface area contributed by atoms with Gasteiger partial charge in [0.1, 0.15) is 0 Å². The van der Waals surface area contributed by atoms with Crippen LogP contribution in [0.4, 0.5) is 5.13 Å². The first kappa shape index (κ1) is 19.3. The second-order valence-corrected chi connectivity index (χ2v) is 8.10. The van der Waals surface area contributed by atoms with Gasteiger partial charge in [-0.2, -0.15) is 0 Å². The standard InChI is InChI=1S/C20H21N3O2S2/c1-3-16(14-7-5-4-6-8-14)19(25)23-20-22-17(12-26-20)18-10-9-15(27-18)11-21-13(2)24/h4-10,12,16H,3,11H2,1-2H3,(H,21,24)(H,22,23,25)/t16-/m0/s1. The summed E-state index contributed by atoms with van der Waals surface area (Å²) in [7, 11) is 0. The smallest absolute Gasteiger partial charge is 0.233 e. The minimum atomic E-state index is -0.190. The molecular formula is C20H21N3O2S2. The summed E-state index contributed by atoms with van der Waals surface area (Å²) in [6.45, 7) is 4.03. The van der Waals surface area contributed by atoms with Crippen LogP contribution in [0, 0.1) is 0 Å². The lowest BCUT2D eigenvalue weighted by atomic mass is 9.96. The van der Waals surface area contributed by atoms with Crippen LogP contribution in [0.3, 0.4) is 0 Å². The molecule has 0 aliphatic carbocycles. The quantitative estimate of drug-likeness (QED) is 0.608. The Morgan fingerprint density at radius 1 is 1.15 bits per heavy atom. The van der Waals surface area contributed by atoms with Crippen molar-refractivity contribution in [2.45, 2.75) is 32.7 Å². The molecule has 3 aromatic rings. The van der Waals surface area contributed by atoms with E-state index in [0.717, 1.165) is 27.4 Å². The fourth-order valence-corrected chi connectivity index (χ4v) is 4.41. The average Bonchev–Trinajstić information content (AvgIpc) is 3.31. The molecule has 0 spiro atoms. The molecule has 7 heteroatoms. The highest BCUT2D eigenvalue weighted by atomic mass is 32.1. The summed E-state index contributed by atoms with van der Waals surface area (Å²) in [4.78, 5) is 30.3. The van der Waals surface area contributed by atoms with Crippen LogP contribution in [0.2, 0.25) is 0 Å². The molecule has 0 aliphatic heterocycles. The van der Waals surface area contributed by atoms with Crippen molar-refractivity contribution in [3.05, 3.63) is 58.3 Å². The van der Waals surface area contributed by atoms with E-state index in [9.17, 15) is 9.59 Å². The SMILES string of the molecule is CC[C@H](C(=O)Nc1nc(-c2ccc(CNC(C)=O)s2)cs1)c1ccccc1. The van der Waals surface area contributed by atoms with Crippen molar-refractivity contribution >= 4 is 39.6 Å². The molecule has 0 radical (unpaired) electrons. The van der Waals surface area contributed by atoms with E-state index in [4.69, 9.17) is 0 Å². The lowest BCUT2D eigenvalue weighted by Gasteiger charge is -2.14. The Hall–Kier alpha value is -2.51. The normalized spacial score (nSPS) is 11.8. The van der Waals surface area contributed by atoms with Crippen molar-refractivity contribution in [2.24, 2.45) is 0 Å². The molecule has 2 N–H and O–H groups in total. The Morgan fingerprint density at radius 2 is 1.93 bits per heavy atom. The highest BCUT2D eigenvalue weighted by Gasteiger charge is 2.20. The van der Waals surface area contributed by atoms with Gasteiger partial charge in [0, 0.05) is 17.2 Å². The molecule has 2 amide bonds. The summed E-state index contributed by atoms with van der Waals surface area (Å²) >= 11 is 3.00. The van der Waals surface area contributed by atoms with Crippen LogP contribution in [-0.2, 0) is 16.1 Å². The largest absolute Gasteiger partial charge is 0.351 e. The number of aromatic nitrogens is 1. The van der Waals surface area contributed by atoms with Crippen LogP contribution in [-0.4, -0.2) is 16.8 Å². The predicted molar refractivity (Wildman–Crippen MR) is 111 cm³/mol. The third-order valence-corrected chi connectivity index (χ3v) is 5.95. The van der Waals surface area contributed by atoms with Crippen LogP contribution in [0.15, 0.2) is 47.8 Å². The van der Waals surface area contributed by atoms with Crippen LogP contribution in [0.1, 0.15) is 36.6 Å². The maximum Gasteiger partial charge on any atom is 0.233 e. The molecule has 0 fully saturated rings. The fraction of sp³-hybridized carbons (Fsp3) is 0.250. The first-order valence-electron chi connectivity index (χ1n) is 8.71. The second kappa shape index (κ2) is 8.92. The Labute approximate surface area is 166 Å². The zero-order chi connectivity index (χ0) is 19.2. The van der Waals surface area contributed by atoms with Crippen molar-refractivity contribution in [1.82, 2.24) is 10.3 Å². The number of nitrogens with zero attached hydrogens (tertiary/aromatic N) is 1. The Morgan fingerprint density at radius 3 is 2.63 bits per heavy atom. The molecule has 2 aromatic heterocycles. The molecule has 1 atom stereocenters. The van der Waals surface area contributed by atoms with E-state index in [2.05, 4.69) is 15.6 Å². The highest BCUT2D eigenvalue weighted by molar-refractivity contribution is 7.17. The number of anilines is 1. The molecule has 0 unspecified atom stereocenters. The summed E-state index contributed by atoms with van der Waals surface area (Å²) < 4.78 is 0. The molecule has 2 heterocycles.